The predicted octanol–water partition coefficient (Wildman–Crippen LogP) is 4.59. The molecule has 0 fully saturated rings. The molecule has 0 saturated carbocycles. The summed E-state index contributed by atoms with van der Waals surface area (Å²) in [5.41, 5.74) is 3.06. The molecule has 0 aliphatic heterocycles. The van der Waals surface area contributed by atoms with Crippen molar-refractivity contribution in [1.29, 1.82) is 0 Å². The number of nitro benzene ring substituents is 1. The van der Waals surface area contributed by atoms with E-state index in [1.165, 1.54) is 29.5 Å². The smallest absolute Gasteiger partial charge is 0.269 e. The third kappa shape index (κ3) is 5.38. The minimum Gasteiger partial charge on any atom is -0.325 e. The molecule has 0 saturated heterocycles. The van der Waals surface area contributed by atoms with Gasteiger partial charge in [-0.3, -0.25) is 14.9 Å². The van der Waals surface area contributed by atoms with Crippen molar-refractivity contribution in [2.45, 2.75) is 25.5 Å². The number of hydrogen-bond donors (Lipinski definition) is 1. The fraction of sp³-hybridized carbons (Fsp3) is 0.278. The molecule has 5 nitrogen and oxygen atoms in total. The molecule has 0 spiro atoms. The SMILES string of the molecule is CC(C)c1ccc(NC(=O)CSCc2ccc([N+](=O)[O-])cc2)cc1. The second kappa shape index (κ2) is 8.49. The van der Waals surface area contributed by atoms with Crippen molar-refractivity contribution >= 4 is 29.0 Å². The first kappa shape index (κ1) is 18.0. The number of thioether (sulfide) groups is 1. The highest BCUT2D eigenvalue weighted by Crippen LogP contribution is 2.19. The number of anilines is 1. The summed E-state index contributed by atoms with van der Waals surface area (Å²) < 4.78 is 0. The number of amides is 1. The van der Waals surface area contributed by atoms with Crippen LogP contribution in [0.4, 0.5) is 11.4 Å². The Morgan fingerprint density at radius 1 is 1.12 bits per heavy atom. The summed E-state index contributed by atoms with van der Waals surface area (Å²) in [5.74, 6) is 1.38. The van der Waals surface area contributed by atoms with Gasteiger partial charge >= 0.3 is 0 Å². The minimum absolute atomic E-state index is 0.0563. The van der Waals surface area contributed by atoms with Crippen molar-refractivity contribution in [1.82, 2.24) is 0 Å². The van der Waals surface area contributed by atoms with E-state index in [0.717, 1.165) is 11.3 Å². The maximum Gasteiger partial charge on any atom is 0.269 e. The molecular formula is C18H20N2O3S. The quantitative estimate of drug-likeness (QED) is 0.589. The zero-order valence-electron chi connectivity index (χ0n) is 13.7. The molecule has 0 atom stereocenters. The Morgan fingerprint density at radius 2 is 1.75 bits per heavy atom. The van der Waals surface area contributed by atoms with Crippen molar-refractivity contribution in [3.8, 4) is 0 Å². The van der Waals surface area contributed by atoms with Crippen molar-refractivity contribution < 1.29 is 9.72 Å². The number of hydrogen-bond acceptors (Lipinski definition) is 4. The largest absolute Gasteiger partial charge is 0.325 e. The summed E-state index contributed by atoms with van der Waals surface area (Å²) in [4.78, 5) is 22.1. The Morgan fingerprint density at radius 3 is 2.29 bits per heavy atom. The average molecular weight is 344 g/mol. The zero-order valence-corrected chi connectivity index (χ0v) is 14.5. The molecule has 2 rings (SSSR count). The number of rotatable bonds is 7. The first-order valence-corrected chi connectivity index (χ1v) is 8.82. The van der Waals surface area contributed by atoms with Crippen molar-refractivity contribution in [3.63, 3.8) is 0 Å². The van der Waals surface area contributed by atoms with E-state index in [2.05, 4.69) is 19.2 Å². The van der Waals surface area contributed by atoms with Crippen molar-refractivity contribution in [2.75, 3.05) is 11.1 Å². The molecule has 126 valence electrons. The number of carbonyl (C=O) groups excluding carboxylic acids is 1. The summed E-state index contributed by atoms with van der Waals surface area (Å²) in [6, 6.07) is 14.2. The van der Waals surface area contributed by atoms with Gasteiger partial charge in [0.15, 0.2) is 0 Å². The highest BCUT2D eigenvalue weighted by atomic mass is 32.2. The van der Waals surface area contributed by atoms with Crippen LogP contribution in [-0.4, -0.2) is 16.6 Å². The Hall–Kier alpha value is -2.34. The van der Waals surface area contributed by atoms with Gasteiger partial charge in [-0.25, -0.2) is 0 Å². The maximum atomic E-state index is 11.9. The van der Waals surface area contributed by atoms with E-state index in [1.807, 2.05) is 24.3 Å². The fourth-order valence-corrected chi connectivity index (χ4v) is 2.91. The normalized spacial score (nSPS) is 10.6. The van der Waals surface area contributed by atoms with E-state index in [9.17, 15) is 14.9 Å². The molecule has 2 aromatic rings. The molecule has 0 aliphatic rings. The van der Waals surface area contributed by atoms with E-state index < -0.39 is 4.92 Å². The van der Waals surface area contributed by atoms with E-state index in [-0.39, 0.29) is 11.6 Å². The van der Waals surface area contributed by atoms with Gasteiger partial charge in [-0.15, -0.1) is 11.8 Å². The monoisotopic (exact) mass is 344 g/mol. The molecule has 2 aromatic carbocycles. The Balaban J connectivity index is 1.77. The molecule has 0 bridgehead atoms. The van der Waals surface area contributed by atoms with E-state index in [4.69, 9.17) is 0 Å². The molecule has 0 heterocycles. The molecule has 1 amide bonds. The number of nitrogens with zero attached hydrogens (tertiary/aromatic N) is 1. The van der Waals surface area contributed by atoms with Crippen LogP contribution in [0.25, 0.3) is 0 Å². The van der Waals surface area contributed by atoms with Crippen molar-refractivity contribution in [3.05, 3.63) is 69.8 Å². The van der Waals surface area contributed by atoms with Gasteiger partial charge < -0.3 is 5.32 Å². The second-order valence-corrected chi connectivity index (χ2v) is 6.73. The third-order valence-electron chi connectivity index (χ3n) is 3.51. The van der Waals surface area contributed by atoms with Crippen LogP contribution in [0.3, 0.4) is 0 Å². The highest BCUT2D eigenvalue weighted by molar-refractivity contribution is 7.99. The first-order valence-electron chi connectivity index (χ1n) is 7.66. The van der Waals surface area contributed by atoms with Crippen LogP contribution in [-0.2, 0) is 10.5 Å². The Labute approximate surface area is 145 Å². The van der Waals surface area contributed by atoms with Gasteiger partial charge in [-0.1, -0.05) is 38.1 Å². The van der Waals surface area contributed by atoms with Crippen LogP contribution < -0.4 is 5.32 Å². The van der Waals surface area contributed by atoms with Crippen LogP contribution in [0.15, 0.2) is 48.5 Å². The molecule has 1 N–H and O–H groups in total. The lowest BCUT2D eigenvalue weighted by Crippen LogP contribution is -2.14. The van der Waals surface area contributed by atoms with E-state index >= 15 is 0 Å². The van der Waals surface area contributed by atoms with E-state index in [0.29, 0.717) is 17.4 Å². The van der Waals surface area contributed by atoms with Gasteiger partial charge in [0.2, 0.25) is 5.91 Å². The summed E-state index contributed by atoms with van der Waals surface area (Å²) >= 11 is 1.47. The lowest BCUT2D eigenvalue weighted by molar-refractivity contribution is -0.384. The molecule has 0 aromatic heterocycles. The number of carbonyl (C=O) groups is 1. The first-order chi connectivity index (χ1) is 11.5. The topological polar surface area (TPSA) is 72.2 Å². The summed E-state index contributed by atoms with van der Waals surface area (Å²) in [6.07, 6.45) is 0. The Kier molecular flexibility index (Phi) is 6.37. The molecular weight excluding hydrogens is 324 g/mol. The number of benzene rings is 2. The van der Waals surface area contributed by atoms with Crippen LogP contribution in [0.2, 0.25) is 0 Å². The molecule has 0 aliphatic carbocycles. The fourth-order valence-electron chi connectivity index (χ4n) is 2.12. The molecule has 0 radical (unpaired) electrons. The van der Waals surface area contributed by atoms with Crippen LogP contribution in [0.1, 0.15) is 30.9 Å². The standard InChI is InChI=1S/C18H20N2O3S/c1-13(2)15-5-7-16(8-6-15)19-18(21)12-24-11-14-3-9-17(10-4-14)20(22)23/h3-10,13H,11-12H2,1-2H3,(H,19,21). The summed E-state index contributed by atoms with van der Waals surface area (Å²) in [6.45, 7) is 4.25. The highest BCUT2D eigenvalue weighted by Gasteiger charge is 2.06. The molecule has 6 heteroatoms. The van der Waals surface area contributed by atoms with Gasteiger partial charge in [-0.05, 0) is 29.2 Å². The summed E-state index contributed by atoms with van der Waals surface area (Å²) in [7, 11) is 0. The molecule has 0 unspecified atom stereocenters. The predicted molar refractivity (Wildman–Crippen MR) is 98.4 cm³/mol. The van der Waals surface area contributed by atoms with Crippen LogP contribution in [0.5, 0.6) is 0 Å². The Bertz CT molecular complexity index is 697. The minimum atomic E-state index is -0.422. The van der Waals surface area contributed by atoms with Gasteiger partial charge in [0, 0.05) is 23.6 Å². The number of non-ortho nitro benzene ring substituents is 1. The van der Waals surface area contributed by atoms with Crippen molar-refractivity contribution in [2.24, 2.45) is 0 Å². The number of nitro groups is 1. The van der Waals surface area contributed by atoms with Crippen LogP contribution in [0, 0.1) is 10.1 Å². The third-order valence-corrected chi connectivity index (χ3v) is 4.51. The van der Waals surface area contributed by atoms with Gasteiger partial charge in [0.1, 0.15) is 0 Å². The maximum absolute atomic E-state index is 11.9. The molecule has 24 heavy (non-hydrogen) atoms. The lowest BCUT2D eigenvalue weighted by atomic mass is 10.0. The van der Waals surface area contributed by atoms with Gasteiger partial charge in [-0.2, -0.15) is 0 Å². The zero-order chi connectivity index (χ0) is 17.5. The van der Waals surface area contributed by atoms with Gasteiger partial charge in [0.25, 0.3) is 5.69 Å². The summed E-state index contributed by atoms with van der Waals surface area (Å²) in [5, 5.41) is 13.5. The van der Waals surface area contributed by atoms with Crippen LogP contribution >= 0.6 is 11.8 Å². The van der Waals surface area contributed by atoms with E-state index in [1.54, 1.807) is 12.1 Å². The average Bonchev–Trinajstić information content (AvgIpc) is 2.55. The van der Waals surface area contributed by atoms with Gasteiger partial charge in [0.05, 0.1) is 10.7 Å². The lowest BCUT2D eigenvalue weighted by Gasteiger charge is -2.08. The number of nitrogens with one attached hydrogen (secondary N) is 1. The second-order valence-electron chi connectivity index (χ2n) is 5.74.